The van der Waals surface area contributed by atoms with Crippen molar-refractivity contribution in [2.24, 2.45) is 0 Å². The fourth-order valence-electron chi connectivity index (χ4n) is 3.69. The zero-order valence-corrected chi connectivity index (χ0v) is 16.7. The van der Waals surface area contributed by atoms with Gasteiger partial charge >= 0.3 is 0 Å². The summed E-state index contributed by atoms with van der Waals surface area (Å²) in [6.07, 6.45) is 0. The Hall–Kier alpha value is -2.63. The van der Waals surface area contributed by atoms with Crippen molar-refractivity contribution in [2.45, 2.75) is 13.5 Å². The Kier molecular flexibility index (Phi) is 5.46. The van der Waals surface area contributed by atoms with Gasteiger partial charge in [-0.25, -0.2) is 4.68 Å². The zero-order chi connectivity index (χ0) is 19.5. The number of amides is 1. The van der Waals surface area contributed by atoms with Crippen LogP contribution in [0.4, 0.5) is 0 Å². The number of aryl methyl sites for hydroxylation is 1. The maximum absolute atomic E-state index is 12.6. The van der Waals surface area contributed by atoms with Crippen molar-refractivity contribution in [3.63, 3.8) is 0 Å². The van der Waals surface area contributed by atoms with E-state index >= 15 is 0 Å². The second-order valence-electron chi connectivity index (χ2n) is 7.19. The standard InChI is InChI=1S/C22H23ClN4O/c1-17-20(21(23)27(24-17)19-10-6-3-7-11-19)16-25-12-14-26(15-13-25)22(28)18-8-4-2-5-9-18/h2-11H,12-16H2,1H3/p+1. The molecule has 1 aliphatic rings. The minimum atomic E-state index is 0.116. The fourth-order valence-corrected chi connectivity index (χ4v) is 4.03. The molecule has 0 radical (unpaired) electrons. The van der Waals surface area contributed by atoms with Crippen LogP contribution in [0.2, 0.25) is 5.15 Å². The third-order valence-electron chi connectivity index (χ3n) is 5.33. The van der Waals surface area contributed by atoms with Crippen LogP contribution < -0.4 is 4.90 Å². The molecule has 6 heteroatoms. The molecule has 1 saturated heterocycles. The summed E-state index contributed by atoms with van der Waals surface area (Å²) in [7, 11) is 0. The number of para-hydroxylation sites is 1. The minimum Gasteiger partial charge on any atom is -0.328 e. The maximum atomic E-state index is 12.6. The summed E-state index contributed by atoms with van der Waals surface area (Å²) in [5, 5.41) is 5.32. The summed E-state index contributed by atoms with van der Waals surface area (Å²) in [6.45, 7) is 6.16. The van der Waals surface area contributed by atoms with Crippen LogP contribution in [0.1, 0.15) is 21.6 Å². The van der Waals surface area contributed by atoms with Gasteiger partial charge in [-0.3, -0.25) is 4.79 Å². The van der Waals surface area contributed by atoms with Crippen LogP contribution in [0, 0.1) is 6.92 Å². The molecule has 0 unspecified atom stereocenters. The van der Waals surface area contributed by atoms with E-state index in [0.29, 0.717) is 5.15 Å². The highest BCUT2D eigenvalue weighted by molar-refractivity contribution is 6.30. The largest absolute Gasteiger partial charge is 0.328 e. The number of quaternary nitrogens is 1. The molecule has 0 spiro atoms. The molecule has 1 aliphatic heterocycles. The van der Waals surface area contributed by atoms with Crippen LogP contribution in [0.3, 0.4) is 0 Å². The second kappa shape index (κ2) is 8.17. The van der Waals surface area contributed by atoms with Gasteiger partial charge in [0.1, 0.15) is 11.7 Å². The lowest BCUT2D eigenvalue weighted by molar-refractivity contribution is -0.917. The summed E-state index contributed by atoms with van der Waals surface area (Å²) in [5.74, 6) is 0.116. The SMILES string of the molecule is Cc1nn(-c2ccccc2)c(Cl)c1C[NH+]1CCN(C(=O)c2ccccc2)CC1. The Balaban J connectivity index is 1.42. The van der Waals surface area contributed by atoms with E-state index in [9.17, 15) is 4.79 Å². The summed E-state index contributed by atoms with van der Waals surface area (Å²) in [4.78, 5) is 16.0. The smallest absolute Gasteiger partial charge is 0.254 e. The van der Waals surface area contributed by atoms with Crippen LogP contribution in [0.5, 0.6) is 0 Å². The topological polar surface area (TPSA) is 42.6 Å². The van der Waals surface area contributed by atoms with Gasteiger partial charge in [0.15, 0.2) is 0 Å². The molecule has 0 bridgehead atoms. The Bertz CT molecular complexity index is 947. The molecule has 3 aromatic rings. The Labute approximate surface area is 170 Å². The summed E-state index contributed by atoms with van der Waals surface area (Å²) in [6, 6.07) is 19.5. The first-order valence-electron chi connectivity index (χ1n) is 9.61. The van der Waals surface area contributed by atoms with Crippen molar-refractivity contribution < 1.29 is 9.69 Å². The van der Waals surface area contributed by atoms with Gasteiger partial charge in [-0.05, 0) is 31.2 Å². The molecular formula is C22H24ClN4O+. The molecule has 144 valence electrons. The Morgan fingerprint density at radius 2 is 1.64 bits per heavy atom. The molecule has 0 aliphatic carbocycles. The van der Waals surface area contributed by atoms with E-state index in [4.69, 9.17) is 11.6 Å². The van der Waals surface area contributed by atoms with E-state index in [1.54, 1.807) is 4.68 Å². The number of carbonyl (C=O) groups excluding carboxylic acids is 1. The van der Waals surface area contributed by atoms with Crippen molar-refractivity contribution in [2.75, 3.05) is 26.2 Å². The predicted octanol–water partition coefficient (Wildman–Crippen LogP) is 2.38. The van der Waals surface area contributed by atoms with Crippen LogP contribution in [-0.4, -0.2) is 46.8 Å². The van der Waals surface area contributed by atoms with E-state index in [2.05, 4.69) is 5.10 Å². The number of nitrogens with zero attached hydrogens (tertiary/aromatic N) is 3. The van der Waals surface area contributed by atoms with Gasteiger partial charge in [-0.2, -0.15) is 5.10 Å². The van der Waals surface area contributed by atoms with Crippen molar-refractivity contribution in [3.8, 4) is 5.69 Å². The summed E-state index contributed by atoms with van der Waals surface area (Å²) >= 11 is 6.67. The highest BCUT2D eigenvalue weighted by atomic mass is 35.5. The molecular weight excluding hydrogens is 372 g/mol. The molecule has 2 aromatic carbocycles. The summed E-state index contributed by atoms with van der Waals surface area (Å²) < 4.78 is 1.81. The normalized spacial score (nSPS) is 15.0. The van der Waals surface area contributed by atoms with Crippen molar-refractivity contribution in [1.29, 1.82) is 0 Å². The quantitative estimate of drug-likeness (QED) is 0.737. The molecule has 1 amide bonds. The van der Waals surface area contributed by atoms with E-state index in [1.807, 2.05) is 72.5 Å². The van der Waals surface area contributed by atoms with Gasteiger partial charge in [0.25, 0.3) is 5.91 Å². The molecule has 1 fully saturated rings. The molecule has 1 N–H and O–H groups in total. The zero-order valence-electron chi connectivity index (χ0n) is 15.9. The maximum Gasteiger partial charge on any atom is 0.254 e. The predicted molar refractivity (Wildman–Crippen MR) is 110 cm³/mol. The number of benzene rings is 2. The average Bonchev–Trinajstić information content (AvgIpc) is 3.03. The molecule has 5 nitrogen and oxygen atoms in total. The van der Waals surface area contributed by atoms with Crippen LogP contribution in [-0.2, 0) is 6.54 Å². The van der Waals surface area contributed by atoms with Gasteiger partial charge in [0.05, 0.1) is 43.1 Å². The number of piperazine rings is 1. The van der Waals surface area contributed by atoms with E-state index in [0.717, 1.165) is 55.2 Å². The lowest BCUT2D eigenvalue weighted by Gasteiger charge is -2.32. The van der Waals surface area contributed by atoms with Crippen LogP contribution in [0.15, 0.2) is 60.7 Å². The fraction of sp³-hybridized carbons (Fsp3) is 0.273. The monoisotopic (exact) mass is 395 g/mol. The van der Waals surface area contributed by atoms with Gasteiger partial charge in [0.2, 0.25) is 0 Å². The van der Waals surface area contributed by atoms with E-state index < -0.39 is 0 Å². The van der Waals surface area contributed by atoms with E-state index in [-0.39, 0.29) is 5.91 Å². The Morgan fingerprint density at radius 1 is 1.04 bits per heavy atom. The number of carbonyl (C=O) groups is 1. The third-order valence-corrected chi connectivity index (χ3v) is 5.72. The number of halogens is 1. The van der Waals surface area contributed by atoms with Gasteiger partial charge in [0, 0.05) is 5.56 Å². The van der Waals surface area contributed by atoms with Crippen molar-refractivity contribution in [1.82, 2.24) is 14.7 Å². The second-order valence-corrected chi connectivity index (χ2v) is 7.55. The van der Waals surface area contributed by atoms with Gasteiger partial charge in [-0.1, -0.05) is 48.0 Å². The molecule has 28 heavy (non-hydrogen) atoms. The Morgan fingerprint density at radius 3 is 2.29 bits per heavy atom. The molecule has 2 heterocycles. The first kappa shape index (κ1) is 18.7. The lowest BCUT2D eigenvalue weighted by Crippen LogP contribution is -3.13. The van der Waals surface area contributed by atoms with Crippen LogP contribution in [0.25, 0.3) is 5.69 Å². The first-order valence-corrected chi connectivity index (χ1v) is 9.98. The average molecular weight is 396 g/mol. The number of aromatic nitrogens is 2. The number of nitrogens with one attached hydrogen (secondary N) is 1. The molecule has 0 atom stereocenters. The summed E-state index contributed by atoms with van der Waals surface area (Å²) in [5.41, 5.74) is 3.77. The highest BCUT2D eigenvalue weighted by Gasteiger charge is 2.26. The lowest BCUT2D eigenvalue weighted by atomic mass is 10.1. The van der Waals surface area contributed by atoms with Crippen LogP contribution >= 0.6 is 11.6 Å². The molecule has 0 saturated carbocycles. The van der Waals surface area contributed by atoms with Crippen molar-refractivity contribution in [3.05, 3.63) is 82.6 Å². The third kappa shape index (κ3) is 3.81. The molecule has 1 aromatic heterocycles. The molecule has 4 rings (SSSR count). The highest BCUT2D eigenvalue weighted by Crippen LogP contribution is 2.22. The number of rotatable bonds is 4. The van der Waals surface area contributed by atoms with Gasteiger partial charge < -0.3 is 9.80 Å². The van der Waals surface area contributed by atoms with Crippen molar-refractivity contribution >= 4 is 17.5 Å². The van der Waals surface area contributed by atoms with E-state index in [1.165, 1.54) is 4.90 Å². The number of hydrogen-bond donors (Lipinski definition) is 1. The van der Waals surface area contributed by atoms with Gasteiger partial charge in [-0.15, -0.1) is 0 Å². The minimum absolute atomic E-state index is 0.116. The first-order chi connectivity index (χ1) is 13.6. The number of hydrogen-bond acceptors (Lipinski definition) is 2.